The third-order valence-electron chi connectivity index (χ3n) is 18.9. The molecule has 16 heteroatoms. The average Bonchev–Trinajstić information content (AvgIpc) is 1.18. The van der Waals surface area contributed by atoms with Crippen molar-refractivity contribution in [2.24, 2.45) is 0 Å². The zero-order chi connectivity index (χ0) is 73.1. The normalized spacial score (nSPS) is 11.4. The molecule has 0 N–H and O–H groups in total. The van der Waals surface area contributed by atoms with Gasteiger partial charge < -0.3 is 0 Å². The summed E-state index contributed by atoms with van der Waals surface area (Å²) in [6.07, 6.45) is 14.2. The summed E-state index contributed by atoms with van der Waals surface area (Å²) in [5, 5.41) is 19.5. The molecule has 0 aliphatic rings. The lowest BCUT2D eigenvalue weighted by Crippen LogP contribution is -2.10. The van der Waals surface area contributed by atoms with Gasteiger partial charge in [-0.2, -0.15) is 9.59 Å². The van der Waals surface area contributed by atoms with E-state index in [2.05, 4.69) is 118 Å². The van der Waals surface area contributed by atoms with Gasteiger partial charge in [-0.25, -0.2) is 8.78 Å². The molecule has 10 aromatic heterocycles. The molecule has 18 rings (SSSR count). The summed E-state index contributed by atoms with van der Waals surface area (Å²) in [6.45, 7) is 6.69. The maximum Gasteiger partial charge on any atom is 0.131 e. The molecule has 14 nitrogen and oxygen atoms in total. The molecule has 0 fully saturated rings. The summed E-state index contributed by atoms with van der Waals surface area (Å²) in [5.41, 5.74) is 24.8. The van der Waals surface area contributed by atoms with Gasteiger partial charge in [-0.3, -0.25) is 39.9 Å². The summed E-state index contributed by atoms with van der Waals surface area (Å²) >= 11 is 0. The Hall–Kier alpha value is -14.4. The van der Waals surface area contributed by atoms with Gasteiger partial charge in [0.15, 0.2) is 0 Å². The van der Waals surface area contributed by atoms with Crippen molar-refractivity contribution in [2.45, 2.75) is 26.2 Å². The van der Waals surface area contributed by atoms with Gasteiger partial charge in [-0.05, 0) is 219 Å². The topological polar surface area (TPSA) is 165 Å². The first-order valence-corrected chi connectivity index (χ1v) is 35.2. The summed E-state index contributed by atoms with van der Waals surface area (Å²) in [4.78, 5) is 40.1. The molecule has 108 heavy (non-hydrogen) atoms. The third kappa shape index (κ3) is 14.0. The van der Waals surface area contributed by atoms with E-state index in [0.29, 0.717) is 78.3 Å². The first kappa shape index (κ1) is 66.8. The summed E-state index contributed by atoms with van der Waals surface area (Å²) in [6, 6.07) is 91.7. The molecular formula is C92H64F2N14. The highest BCUT2D eigenvalue weighted by Crippen LogP contribution is 2.40. The van der Waals surface area contributed by atoms with Gasteiger partial charge in [0.1, 0.15) is 33.7 Å². The number of rotatable bonds is 14. The number of nitrogens with zero attached hydrogens (tertiary/aromatic N) is 14. The molecule has 516 valence electrons. The highest BCUT2D eigenvalue weighted by Gasteiger charge is 2.21. The Morgan fingerprint density at radius 3 is 1.14 bits per heavy atom. The standard InChI is InChI=1S/C48H37N7.C44H27F2N7/c1-48(2,3)39-18-14-33(15-19-39)35-23-25-50-45(28-35)37-17-21-43(52-31-37)41-26-38(29-46-47(41)54-55(53-46)40-12-8-5-9-13-40)42-20-16-36(30-51-42)44-27-34(22-24-49-44)32-10-6-4-7-11-32;45-37-23-28(12-14-34(37)30-16-20-49-41(25-30)39-10-4-6-18-47-39)32-22-36(44-43(27-32)51-53(52-44)33-8-2-1-3-9-33)29-13-15-35(38(46)24-29)31-17-21-50-42(26-31)40-11-5-7-19-48-40/h4-31H,1-3H3;1-27H. The number of aromatic nitrogens is 14. The number of para-hydroxylation sites is 2. The monoisotopic (exact) mass is 1400 g/mol. The number of hydrogen-bond donors (Lipinski definition) is 0. The summed E-state index contributed by atoms with van der Waals surface area (Å²) < 4.78 is 32.1. The van der Waals surface area contributed by atoms with Crippen molar-refractivity contribution in [1.82, 2.24) is 69.9 Å². The second kappa shape index (κ2) is 29.0. The van der Waals surface area contributed by atoms with Crippen LogP contribution in [-0.4, -0.2) is 69.9 Å². The van der Waals surface area contributed by atoms with Crippen molar-refractivity contribution in [3.8, 4) is 146 Å². The highest BCUT2D eigenvalue weighted by atomic mass is 19.1. The number of hydrogen-bond acceptors (Lipinski definition) is 12. The summed E-state index contributed by atoms with van der Waals surface area (Å²) in [5.74, 6) is -0.805. The molecule has 0 spiro atoms. The van der Waals surface area contributed by atoms with Crippen LogP contribution >= 0.6 is 0 Å². The molecule has 0 radical (unpaired) electrons. The van der Waals surface area contributed by atoms with Crippen LogP contribution in [0.2, 0.25) is 0 Å². The molecule has 0 aliphatic heterocycles. The van der Waals surface area contributed by atoms with Gasteiger partial charge in [0, 0.05) is 88.5 Å². The number of pyridine rings is 8. The van der Waals surface area contributed by atoms with Crippen molar-refractivity contribution in [1.29, 1.82) is 0 Å². The van der Waals surface area contributed by atoms with Crippen LogP contribution < -0.4 is 0 Å². The molecule has 0 bridgehead atoms. The summed E-state index contributed by atoms with van der Waals surface area (Å²) in [7, 11) is 0. The predicted octanol–water partition coefficient (Wildman–Crippen LogP) is 21.6. The first-order chi connectivity index (χ1) is 52.9. The third-order valence-corrected chi connectivity index (χ3v) is 18.9. The Kier molecular flexibility index (Phi) is 18.0. The van der Waals surface area contributed by atoms with E-state index in [9.17, 15) is 0 Å². The average molecular weight is 1400 g/mol. The van der Waals surface area contributed by atoms with Crippen LogP contribution in [0.1, 0.15) is 26.3 Å². The zero-order valence-corrected chi connectivity index (χ0v) is 58.8. The van der Waals surface area contributed by atoms with Gasteiger partial charge in [0.25, 0.3) is 0 Å². The Labute approximate surface area is 621 Å². The van der Waals surface area contributed by atoms with Gasteiger partial charge in [-0.15, -0.1) is 20.4 Å². The van der Waals surface area contributed by atoms with Crippen molar-refractivity contribution in [2.75, 3.05) is 0 Å². The van der Waals surface area contributed by atoms with Gasteiger partial charge in [-0.1, -0.05) is 148 Å². The van der Waals surface area contributed by atoms with E-state index in [1.807, 2.05) is 201 Å². The molecule has 0 saturated carbocycles. The lowest BCUT2D eigenvalue weighted by Gasteiger charge is -2.19. The minimum absolute atomic E-state index is 0.102. The number of benzene rings is 8. The van der Waals surface area contributed by atoms with Gasteiger partial charge in [0.2, 0.25) is 0 Å². The maximum absolute atomic E-state index is 16.1. The van der Waals surface area contributed by atoms with Gasteiger partial charge >= 0.3 is 0 Å². The van der Waals surface area contributed by atoms with E-state index < -0.39 is 11.6 Å². The van der Waals surface area contributed by atoms with Crippen LogP contribution in [0.25, 0.3) is 168 Å². The fourth-order valence-corrected chi connectivity index (χ4v) is 13.2. The lowest BCUT2D eigenvalue weighted by molar-refractivity contribution is 0.590. The largest absolute Gasteiger partial charge is 0.256 e. The first-order valence-electron chi connectivity index (χ1n) is 35.2. The molecule has 0 amide bonds. The Morgan fingerprint density at radius 2 is 0.639 bits per heavy atom. The van der Waals surface area contributed by atoms with Crippen LogP contribution in [0.15, 0.2) is 335 Å². The zero-order valence-electron chi connectivity index (χ0n) is 58.8. The molecule has 0 unspecified atom stereocenters. The van der Waals surface area contributed by atoms with E-state index >= 15 is 8.78 Å². The van der Waals surface area contributed by atoms with E-state index in [4.69, 9.17) is 35.3 Å². The fourth-order valence-electron chi connectivity index (χ4n) is 13.2. The number of halogens is 2. The van der Waals surface area contributed by atoms with E-state index in [1.54, 1.807) is 58.6 Å². The van der Waals surface area contributed by atoms with Gasteiger partial charge in [0.05, 0.1) is 56.9 Å². The molecule has 8 aromatic carbocycles. The fraction of sp³-hybridized carbons (Fsp3) is 0.0435. The van der Waals surface area contributed by atoms with Crippen molar-refractivity contribution >= 4 is 22.1 Å². The predicted molar refractivity (Wildman–Crippen MR) is 424 cm³/mol. The van der Waals surface area contributed by atoms with Crippen LogP contribution in [-0.2, 0) is 5.41 Å². The molecule has 0 saturated heterocycles. The Balaban J connectivity index is 0.000000158. The van der Waals surface area contributed by atoms with Crippen molar-refractivity contribution in [3.05, 3.63) is 352 Å². The molecule has 0 aliphatic carbocycles. The second-order valence-electron chi connectivity index (χ2n) is 27.0. The minimum atomic E-state index is -0.410. The second-order valence-corrected chi connectivity index (χ2v) is 27.0. The minimum Gasteiger partial charge on any atom is -0.256 e. The van der Waals surface area contributed by atoms with Crippen LogP contribution in [0, 0.1) is 11.6 Å². The molecule has 18 aromatic rings. The van der Waals surface area contributed by atoms with E-state index in [-0.39, 0.29) is 5.41 Å². The Bertz CT molecular complexity index is 6280. The van der Waals surface area contributed by atoms with E-state index in [1.165, 1.54) is 17.7 Å². The smallest absolute Gasteiger partial charge is 0.131 e. The van der Waals surface area contributed by atoms with Crippen LogP contribution in [0.3, 0.4) is 0 Å². The van der Waals surface area contributed by atoms with Crippen molar-refractivity contribution in [3.63, 3.8) is 0 Å². The van der Waals surface area contributed by atoms with Crippen molar-refractivity contribution < 1.29 is 8.78 Å². The lowest BCUT2D eigenvalue weighted by atomic mass is 9.86. The highest BCUT2D eigenvalue weighted by molar-refractivity contribution is 5.97. The Morgan fingerprint density at radius 1 is 0.241 bits per heavy atom. The van der Waals surface area contributed by atoms with Crippen LogP contribution in [0.5, 0.6) is 0 Å². The molecule has 0 atom stereocenters. The molecule has 10 heterocycles. The quantitative estimate of drug-likeness (QED) is 0.101. The number of fused-ring (bicyclic) bond motifs is 2. The maximum atomic E-state index is 16.1. The molecular weight excluding hydrogens is 1340 g/mol. The SMILES string of the molecule is CC(C)(C)c1ccc(-c2ccnc(-c3ccc(-c4cc(-c5ccc(-c6cc(-c7ccccc7)ccn6)cn5)cc5nn(-c6ccccc6)nc45)nc3)c2)cc1.Fc1cc(-c2cc(-c3ccc(-c4ccnc(-c5ccccn5)c4)c(F)c3)c3nn(-c4ccccc4)nc3c2)ccc1-c1ccnc(-c2ccccn2)c1. The van der Waals surface area contributed by atoms with E-state index in [0.717, 1.165) is 89.7 Å². The van der Waals surface area contributed by atoms with Crippen LogP contribution in [0.4, 0.5) is 8.78 Å².